The molecule has 124 valence electrons. The molecular weight excluding hydrogens is 377 g/mol. The maximum absolute atomic E-state index is 4.33. The quantitative estimate of drug-likeness (QED) is 0.418. The van der Waals surface area contributed by atoms with Crippen LogP contribution in [0.4, 0.5) is 0 Å². The summed E-state index contributed by atoms with van der Waals surface area (Å²) >= 11 is 0. The summed E-state index contributed by atoms with van der Waals surface area (Å²) in [6, 6.07) is 0.632. The van der Waals surface area contributed by atoms with Gasteiger partial charge in [0.15, 0.2) is 5.96 Å². The topological polar surface area (TPSA) is 42.9 Å². The van der Waals surface area contributed by atoms with Crippen molar-refractivity contribution < 1.29 is 0 Å². The fourth-order valence-electron chi connectivity index (χ4n) is 3.11. The fraction of sp³-hybridized carbons (Fsp3) is 0.933. The van der Waals surface area contributed by atoms with Gasteiger partial charge in [0.2, 0.25) is 0 Å². The van der Waals surface area contributed by atoms with E-state index in [0.29, 0.717) is 6.04 Å². The SMILES string of the molecule is CN=C(NCCN1CCCN(C)CC1)NC1CCCC1.I. The van der Waals surface area contributed by atoms with Gasteiger partial charge in [0.05, 0.1) is 0 Å². The number of hydrogen-bond donors (Lipinski definition) is 2. The van der Waals surface area contributed by atoms with Gasteiger partial charge in [-0.2, -0.15) is 0 Å². The van der Waals surface area contributed by atoms with E-state index in [-0.39, 0.29) is 24.0 Å². The Balaban J connectivity index is 0.00000220. The van der Waals surface area contributed by atoms with Crippen LogP contribution in [0.15, 0.2) is 4.99 Å². The number of rotatable bonds is 4. The van der Waals surface area contributed by atoms with Crippen molar-refractivity contribution >= 4 is 29.9 Å². The zero-order valence-electron chi connectivity index (χ0n) is 13.6. The maximum Gasteiger partial charge on any atom is 0.191 e. The average Bonchev–Trinajstić information content (AvgIpc) is 2.87. The molecule has 1 heterocycles. The van der Waals surface area contributed by atoms with Gasteiger partial charge in [-0.1, -0.05) is 12.8 Å². The molecule has 0 atom stereocenters. The van der Waals surface area contributed by atoms with Crippen LogP contribution in [-0.4, -0.2) is 75.2 Å². The third kappa shape index (κ3) is 7.15. The number of hydrogen-bond acceptors (Lipinski definition) is 3. The van der Waals surface area contributed by atoms with Gasteiger partial charge in [-0.25, -0.2) is 0 Å². The molecule has 0 aromatic carbocycles. The summed E-state index contributed by atoms with van der Waals surface area (Å²) in [5, 5.41) is 6.99. The molecule has 2 rings (SSSR count). The van der Waals surface area contributed by atoms with Crippen molar-refractivity contribution in [3.05, 3.63) is 0 Å². The number of nitrogens with one attached hydrogen (secondary N) is 2. The Morgan fingerprint density at radius 2 is 1.86 bits per heavy atom. The van der Waals surface area contributed by atoms with Crippen molar-refractivity contribution in [1.29, 1.82) is 0 Å². The second-order valence-corrected chi connectivity index (χ2v) is 6.12. The molecule has 2 aliphatic rings. The first-order valence-electron chi connectivity index (χ1n) is 8.16. The van der Waals surface area contributed by atoms with E-state index in [0.717, 1.165) is 19.0 Å². The lowest BCUT2D eigenvalue weighted by Crippen LogP contribution is -2.45. The monoisotopic (exact) mass is 409 g/mol. The molecule has 1 saturated carbocycles. The van der Waals surface area contributed by atoms with Crippen molar-refractivity contribution in [1.82, 2.24) is 20.4 Å². The van der Waals surface area contributed by atoms with Gasteiger partial charge in [0, 0.05) is 39.3 Å². The zero-order valence-corrected chi connectivity index (χ0v) is 15.9. The predicted molar refractivity (Wildman–Crippen MR) is 101 cm³/mol. The summed E-state index contributed by atoms with van der Waals surface area (Å²) in [5.74, 6) is 0.976. The number of likely N-dealkylation sites (N-methyl/N-ethyl adjacent to an activating group) is 1. The smallest absolute Gasteiger partial charge is 0.191 e. The van der Waals surface area contributed by atoms with E-state index in [1.165, 1.54) is 58.3 Å². The van der Waals surface area contributed by atoms with Crippen molar-refractivity contribution in [3.63, 3.8) is 0 Å². The summed E-state index contributed by atoms with van der Waals surface area (Å²) in [6.07, 6.45) is 6.58. The van der Waals surface area contributed by atoms with Gasteiger partial charge in [0.1, 0.15) is 0 Å². The molecule has 0 radical (unpaired) electrons. The minimum Gasteiger partial charge on any atom is -0.355 e. The Morgan fingerprint density at radius 3 is 2.57 bits per heavy atom. The lowest BCUT2D eigenvalue weighted by atomic mass is 10.2. The molecule has 6 heteroatoms. The molecule has 0 aromatic rings. The molecule has 0 amide bonds. The summed E-state index contributed by atoms with van der Waals surface area (Å²) < 4.78 is 0. The van der Waals surface area contributed by atoms with Gasteiger partial charge >= 0.3 is 0 Å². The van der Waals surface area contributed by atoms with Gasteiger partial charge in [-0.05, 0) is 39.4 Å². The van der Waals surface area contributed by atoms with Crippen LogP contribution in [0, 0.1) is 0 Å². The summed E-state index contributed by atoms with van der Waals surface area (Å²) in [6.45, 7) is 6.92. The van der Waals surface area contributed by atoms with E-state index in [1.807, 2.05) is 7.05 Å². The van der Waals surface area contributed by atoms with E-state index < -0.39 is 0 Å². The normalized spacial score (nSPS) is 22.7. The van der Waals surface area contributed by atoms with Crippen LogP contribution in [0.5, 0.6) is 0 Å². The number of halogens is 1. The number of aliphatic imine (C=N–C) groups is 1. The van der Waals surface area contributed by atoms with Gasteiger partial charge in [0.25, 0.3) is 0 Å². The average molecular weight is 409 g/mol. The second kappa shape index (κ2) is 10.6. The van der Waals surface area contributed by atoms with Crippen LogP contribution in [0.2, 0.25) is 0 Å². The summed E-state index contributed by atoms with van der Waals surface area (Å²) in [4.78, 5) is 9.31. The van der Waals surface area contributed by atoms with Crippen LogP contribution in [0.3, 0.4) is 0 Å². The second-order valence-electron chi connectivity index (χ2n) is 6.12. The van der Waals surface area contributed by atoms with Crippen molar-refractivity contribution in [2.45, 2.75) is 38.1 Å². The van der Waals surface area contributed by atoms with E-state index >= 15 is 0 Å². The Bertz CT molecular complexity index is 304. The number of nitrogens with zero attached hydrogens (tertiary/aromatic N) is 3. The Kier molecular flexibility index (Phi) is 9.59. The third-order valence-corrected chi connectivity index (χ3v) is 4.45. The van der Waals surface area contributed by atoms with E-state index in [2.05, 4.69) is 32.5 Å². The molecular formula is C15H32IN5. The summed E-state index contributed by atoms with van der Waals surface area (Å²) in [7, 11) is 4.08. The van der Waals surface area contributed by atoms with Crippen LogP contribution >= 0.6 is 24.0 Å². The van der Waals surface area contributed by atoms with Crippen LogP contribution < -0.4 is 10.6 Å². The largest absolute Gasteiger partial charge is 0.355 e. The van der Waals surface area contributed by atoms with Crippen molar-refractivity contribution in [2.75, 3.05) is 53.4 Å². The highest BCUT2D eigenvalue weighted by Crippen LogP contribution is 2.17. The Labute approximate surface area is 146 Å². The maximum atomic E-state index is 4.33. The minimum absolute atomic E-state index is 0. The first-order valence-corrected chi connectivity index (χ1v) is 8.16. The molecule has 5 nitrogen and oxygen atoms in total. The standard InChI is InChI=1S/C15H31N5.HI/c1-16-15(18-14-6-3-4-7-14)17-8-11-20-10-5-9-19(2)12-13-20;/h14H,3-13H2,1-2H3,(H2,16,17,18);1H. The summed E-state index contributed by atoms with van der Waals surface area (Å²) in [5.41, 5.74) is 0. The number of guanidine groups is 1. The van der Waals surface area contributed by atoms with Crippen LogP contribution in [0.1, 0.15) is 32.1 Å². The Hall–Kier alpha value is -0.0800. The highest BCUT2D eigenvalue weighted by atomic mass is 127. The van der Waals surface area contributed by atoms with Gasteiger partial charge in [-0.3, -0.25) is 4.99 Å². The van der Waals surface area contributed by atoms with Gasteiger partial charge < -0.3 is 20.4 Å². The van der Waals surface area contributed by atoms with E-state index in [9.17, 15) is 0 Å². The van der Waals surface area contributed by atoms with E-state index in [4.69, 9.17) is 0 Å². The van der Waals surface area contributed by atoms with Crippen LogP contribution in [0.25, 0.3) is 0 Å². The highest BCUT2D eigenvalue weighted by Gasteiger charge is 2.16. The fourth-order valence-corrected chi connectivity index (χ4v) is 3.11. The lowest BCUT2D eigenvalue weighted by Gasteiger charge is -2.22. The molecule has 2 N–H and O–H groups in total. The predicted octanol–water partition coefficient (Wildman–Crippen LogP) is 1.35. The molecule has 0 unspecified atom stereocenters. The molecule has 0 aromatic heterocycles. The van der Waals surface area contributed by atoms with Crippen molar-refractivity contribution in [3.8, 4) is 0 Å². The zero-order chi connectivity index (χ0) is 14.2. The molecule has 21 heavy (non-hydrogen) atoms. The molecule has 1 aliphatic carbocycles. The first kappa shape index (κ1) is 19.0. The van der Waals surface area contributed by atoms with Crippen molar-refractivity contribution in [2.24, 2.45) is 4.99 Å². The minimum atomic E-state index is 0. The third-order valence-electron chi connectivity index (χ3n) is 4.45. The van der Waals surface area contributed by atoms with Gasteiger partial charge in [-0.15, -0.1) is 24.0 Å². The lowest BCUT2D eigenvalue weighted by molar-refractivity contribution is 0.279. The molecule has 1 saturated heterocycles. The molecule has 2 fully saturated rings. The highest BCUT2D eigenvalue weighted by molar-refractivity contribution is 14.0. The molecule has 0 bridgehead atoms. The van der Waals surface area contributed by atoms with Crippen LogP contribution in [-0.2, 0) is 0 Å². The molecule has 1 aliphatic heterocycles. The first-order chi connectivity index (χ1) is 9.78. The van der Waals surface area contributed by atoms with E-state index in [1.54, 1.807) is 0 Å². The Morgan fingerprint density at radius 1 is 1.10 bits per heavy atom. The molecule has 0 spiro atoms.